The lowest BCUT2D eigenvalue weighted by molar-refractivity contribution is 0.0792. The summed E-state index contributed by atoms with van der Waals surface area (Å²) in [5, 5.41) is 0. The van der Waals surface area contributed by atoms with Crippen LogP contribution >= 0.6 is 0 Å². The molecule has 0 heterocycles. The van der Waals surface area contributed by atoms with Gasteiger partial charge in [0.1, 0.15) is 5.82 Å². The molecule has 0 aromatic heterocycles. The first-order chi connectivity index (χ1) is 8.06. The van der Waals surface area contributed by atoms with Gasteiger partial charge in [0.2, 0.25) is 0 Å². The van der Waals surface area contributed by atoms with E-state index < -0.39 is 0 Å². The van der Waals surface area contributed by atoms with Gasteiger partial charge in [0.15, 0.2) is 0 Å². The zero-order valence-corrected chi connectivity index (χ0v) is 10.8. The van der Waals surface area contributed by atoms with Crippen LogP contribution in [-0.2, 0) is 0 Å². The van der Waals surface area contributed by atoms with Crippen molar-refractivity contribution < 1.29 is 9.18 Å². The standard InChI is InChI=1S/C14H20FNO/c1-4-5-6-9-16(3)14(17)12-7-8-13(15)11(2)10-12/h7-8,10H,4-6,9H2,1-3H3. The number of amides is 1. The van der Waals surface area contributed by atoms with Crippen molar-refractivity contribution in [1.29, 1.82) is 0 Å². The van der Waals surface area contributed by atoms with E-state index in [0.29, 0.717) is 11.1 Å². The van der Waals surface area contributed by atoms with Crippen LogP contribution < -0.4 is 0 Å². The van der Waals surface area contributed by atoms with Crippen molar-refractivity contribution in [3.8, 4) is 0 Å². The minimum atomic E-state index is -0.268. The molecule has 0 saturated heterocycles. The molecule has 1 amide bonds. The van der Waals surface area contributed by atoms with Gasteiger partial charge in [-0.15, -0.1) is 0 Å². The number of nitrogens with zero attached hydrogens (tertiary/aromatic N) is 1. The van der Waals surface area contributed by atoms with Crippen molar-refractivity contribution in [2.75, 3.05) is 13.6 Å². The van der Waals surface area contributed by atoms with E-state index in [2.05, 4.69) is 6.92 Å². The van der Waals surface area contributed by atoms with E-state index >= 15 is 0 Å². The molecule has 1 aromatic carbocycles. The maximum atomic E-state index is 13.1. The Bertz CT molecular complexity index is 390. The highest BCUT2D eigenvalue weighted by atomic mass is 19.1. The maximum Gasteiger partial charge on any atom is 0.253 e. The first-order valence-electron chi connectivity index (χ1n) is 6.08. The number of carbonyl (C=O) groups excluding carboxylic acids is 1. The van der Waals surface area contributed by atoms with Gasteiger partial charge in [0.05, 0.1) is 0 Å². The predicted octanol–water partition coefficient (Wildman–Crippen LogP) is 3.40. The highest BCUT2D eigenvalue weighted by Gasteiger charge is 2.12. The minimum Gasteiger partial charge on any atom is -0.342 e. The zero-order valence-electron chi connectivity index (χ0n) is 10.8. The molecule has 0 saturated carbocycles. The number of hydrogen-bond donors (Lipinski definition) is 0. The fourth-order valence-electron chi connectivity index (χ4n) is 1.70. The van der Waals surface area contributed by atoms with E-state index in [1.54, 1.807) is 31.0 Å². The second kappa shape index (κ2) is 6.38. The molecule has 0 N–H and O–H groups in total. The largest absolute Gasteiger partial charge is 0.342 e. The third-order valence-electron chi connectivity index (χ3n) is 2.85. The lowest BCUT2D eigenvalue weighted by atomic mass is 10.1. The third kappa shape index (κ3) is 3.84. The van der Waals surface area contributed by atoms with Gasteiger partial charge in [0.25, 0.3) is 5.91 Å². The van der Waals surface area contributed by atoms with Crippen molar-refractivity contribution in [2.24, 2.45) is 0 Å². The van der Waals surface area contributed by atoms with E-state index in [1.807, 2.05) is 0 Å². The number of halogens is 1. The summed E-state index contributed by atoms with van der Waals surface area (Å²) in [6.45, 7) is 4.55. The molecular weight excluding hydrogens is 217 g/mol. The number of unbranched alkanes of at least 4 members (excludes halogenated alkanes) is 2. The van der Waals surface area contributed by atoms with Crippen molar-refractivity contribution in [2.45, 2.75) is 33.1 Å². The van der Waals surface area contributed by atoms with Gasteiger partial charge in [-0.2, -0.15) is 0 Å². The molecule has 17 heavy (non-hydrogen) atoms. The quantitative estimate of drug-likeness (QED) is 0.719. The lowest BCUT2D eigenvalue weighted by Crippen LogP contribution is -2.27. The van der Waals surface area contributed by atoms with E-state index in [0.717, 1.165) is 25.8 Å². The summed E-state index contributed by atoms with van der Waals surface area (Å²) in [7, 11) is 1.79. The Morgan fingerprint density at radius 3 is 2.65 bits per heavy atom. The SMILES string of the molecule is CCCCCN(C)C(=O)c1ccc(F)c(C)c1. The molecule has 0 aliphatic rings. The van der Waals surface area contributed by atoms with Crippen molar-refractivity contribution in [3.63, 3.8) is 0 Å². The van der Waals surface area contributed by atoms with E-state index in [4.69, 9.17) is 0 Å². The second-order valence-electron chi connectivity index (χ2n) is 4.40. The Hall–Kier alpha value is -1.38. The zero-order chi connectivity index (χ0) is 12.8. The van der Waals surface area contributed by atoms with Gasteiger partial charge in [0, 0.05) is 19.2 Å². The number of carbonyl (C=O) groups is 1. The number of aryl methyl sites for hydroxylation is 1. The molecule has 0 aliphatic carbocycles. The average molecular weight is 237 g/mol. The molecule has 1 aromatic rings. The summed E-state index contributed by atoms with van der Waals surface area (Å²) in [4.78, 5) is 13.7. The van der Waals surface area contributed by atoms with Gasteiger partial charge in [-0.05, 0) is 37.1 Å². The molecule has 2 nitrogen and oxygen atoms in total. The van der Waals surface area contributed by atoms with E-state index in [-0.39, 0.29) is 11.7 Å². The number of benzene rings is 1. The Morgan fingerprint density at radius 2 is 2.06 bits per heavy atom. The Balaban J connectivity index is 2.65. The summed E-state index contributed by atoms with van der Waals surface area (Å²) in [5.74, 6) is -0.306. The molecular formula is C14H20FNO. The topological polar surface area (TPSA) is 20.3 Å². The lowest BCUT2D eigenvalue weighted by Gasteiger charge is -2.17. The van der Waals surface area contributed by atoms with E-state index in [1.165, 1.54) is 6.07 Å². The van der Waals surface area contributed by atoms with Gasteiger partial charge >= 0.3 is 0 Å². The molecule has 3 heteroatoms. The van der Waals surface area contributed by atoms with Gasteiger partial charge in [-0.3, -0.25) is 4.79 Å². The molecule has 0 bridgehead atoms. The molecule has 1 rings (SSSR count). The summed E-state index contributed by atoms with van der Waals surface area (Å²) in [5.41, 5.74) is 1.07. The molecule has 0 atom stereocenters. The van der Waals surface area contributed by atoms with Crippen LogP contribution in [0.15, 0.2) is 18.2 Å². The number of hydrogen-bond acceptors (Lipinski definition) is 1. The summed E-state index contributed by atoms with van der Waals surface area (Å²) < 4.78 is 13.1. The Kier molecular flexibility index (Phi) is 5.13. The van der Waals surface area contributed by atoms with Gasteiger partial charge in [-0.1, -0.05) is 19.8 Å². The van der Waals surface area contributed by atoms with Crippen molar-refractivity contribution in [3.05, 3.63) is 35.1 Å². The van der Waals surface area contributed by atoms with Crippen LogP contribution in [0.3, 0.4) is 0 Å². The molecule has 0 aliphatic heterocycles. The first-order valence-corrected chi connectivity index (χ1v) is 6.08. The molecule has 0 unspecified atom stereocenters. The molecule has 0 spiro atoms. The van der Waals surface area contributed by atoms with Crippen molar-refractivity contribution in [1.82, 2.24) is 4.90 Å². The van der Waals surface area contributed by atoms with Crippen LogP contribution in [0.5, 0.6) is 0 Å². The van der Waals surface area contributed by atoms with Crippen LogP contribution in [0.2, 0.25) is 0 Å². The first kappa shape index (κ1) is 13.7. The van der Waals surface area contributed by atoms with Crippen molar-refractivity contribution >= 4 is 5.91 Å². The molecule has 0 radical (unpaired) electrons. The number of rotatable bonds is 5. The summed E-state index contributed by atoms with van der Waals surface area (Å²) in [6.07, 6.45) is 3.27. The van der Waals surface area contributed by atoms with Gasteiger partial charge in [-0.25, -0.2) is 4.39 Å². The Labute approximate surface area is 102 Å². The molecule has 94 valence electrons. The van der Waals surface area contributed by atoms with Gasteiger partial charge < -0.3 is 4.90 Å². The highest BCUT2D eigenvalue weighted by molar-refractivity contribution is 5.94. The monoisotopic (exact) mass is 237 g/mol. The van der Waals surface area contributed by atoms with Crippen LogP contribution in [0, 0.1) is 12.7 Å². The van der Waals surface area contributed by atoms with E-state index in [9.17, 15) is 9.18 Å². The van der Waals surface area contributed by atoms with Crippen LogP contribution in [0.1, 0.15) is 42.1 Å². The molecule has 0 fully saturated rings. The Morgan fingerprint density at radius 1 is 1.35 bits per heavy atom. The fraction of sp³-hybridized carbons (Fsp3) is 0.500. The normalized spacial score (nSPS) is 10.4. The predicted molar refractivity (Wildman–Crippen MR) is 67.6 cm³/mol. The second-order valence-corrected chi connectivity index (χ2v) is 4.40. The minimum absolute atomic E-state index is 0.0378. The smallest absolute Gasteiger partial charge is 0.253 e. The highest BCUT2D eigenvalue weighted by Crippen LogP contribution is 2.11. The van der Waals surface area contributed by atoms with Crippen LogP contribution in [0.25, 0.3) is 0 Å². The van der Waals surface area contributed by atoms with Crippen LogP contribution in [0.4, 0.5) is 4.39 Å². The third-order valence-corrected chi connectivity index (χ3v) is 2.85. The van der Waals surface area contributed by atoms with Crippen LogP contribution in [-0.4, -0.2) is 24.4 Å². The fourth-order valence-corrected chi connectivity index (χ4v) is 1.70. The summed E-state index contributed by atoms with van der Waals surface area (Å²) >= 11 is 0. The maximum absolute atomic E-state index is 13.1. The summed E-state index contributed by atoms with van der Waals surface area (Å²) in [6, 6.07) is 4.50. The average Bonchev–Trinajstić information content (AvgIpc) is 2.32.